The minimum Gasteiger partial charge on any atom is -0.207 e. The summed E-state index contributed by atoms with van der Waals surface area (Å²) in [5.74, 6) is -1.34. The van der Waals surface area contributed by atoms with E-state index in [1.807, 2.05) is 25.1 Å². The monoisotopic (exact) mass is 269 g/mol. The third kappa shape index (κ3) is 2.75. The van der Waals surface area contributed by atoms with Crippen LogP contribution in [0.25, 0.3) is 5.57 Å². The van der Waals surface area contributed by atoms with E-state index in [-0.39, 0.29) is 5.92 Å². The molecule has 0 aliphatic carbocycles. The molecule has 0 aromatic heterocycles. The van der Waals surface area contributed by atoms with Gasteiger partial charge in [-0.15, -0.1) is 0 Å². The fraction of sp³-hybridized carbons (Fsp3) is 0.118. The van der Waals surface area contributed by atoms with Gasteiger partial charge in [0.15, 0.2) is 0 Å². The number of benzene rings is 2. The summed E-state index contributed by atoms with van der Waals surface area (Å²) in [7, 11) is 0. The van der Waals surface area contributed by atoms with Gasteiger partial charge in [0, 0.05) is 17.5 Å². The highest BCUT2D eigenvalue weighted by Crippen LogP contribution is 2.31. The van der Waals surface area contributed by atoms with Gasteiger partial charge in [0.2, 0.25) is 0 Å². The first kappa shape index (κ1) is 14.0. The predicted octanol–water partition coefficient (Wildman–Crippen LogP) is 4.65. The maximum absolute atomic E-state index is 13.8. The SMILES string of the molecule is C=C(c1ccc(F)cc1F)C(C)c1ccc(C#N)cc1. The Balaban J connectivity index is 2.30. The fourth-order valence-corrected chi connectivity index (χ4v) is 2.03. The molecule has 0 radical (unpaired) electrons. The second-order valence-corrected chi connectivity index (χ2v) is 4.60. The summed E-state index contributed by atoms with van der Waals surface area (Å²) in [5.41, 5.74) is 2.38. The Labute approximate surface area is 116 Å². The molecular weight excluding hydrogens is 256 g/mol. The summed E-state index contributed by atoms with van der Waals surface area (Å²) in [6, 6.07) is 12.6. The molecule has 3 heteroatoms. The normalized spacial score (nSPS) is 11.7. The number of hydrogen-bond donors (Lipinski definition) is 0. The second-order valence-electron chi connectivity index (χ2n) is 4.60. The Morgan fingerprint density at radius 2 is 1.80 bits per heavy atom. The van der Waals surface area contributed by atoms with Crippen molar-refractivity contribution >= 4 is 5.57 Å². The van der Waals surface area contributed by atoms with Gasteiger partial charge in [-0.2, -0.15) is 5.26 Å². The Hall–Kier alpha value is -2.47. The number of nitriles is 1. The molecule has 0 saturated carbocycles. The molecule has 20 heavy (non-hydrogen) atoms. The van der Waals surface area contributed by atoms with Crippen LogP contribution in [0.5, 0.6) is 0 Å². The lowest BCUT2D eigenvalue weighted by Gasteiger charge is -2.16. The average Bonchev–Trinajstić information content (AvgIpc) is 2.46. The van der Waals surface area contributed by atoms with Crippen molar-refractivity contribution in [3.63, 3.8) is 0 Å². The average molecular weight is 269 g/mol. The summed E-state index contributed by atoms with van der Waals surface area (Å²) in [4.78, 5) is 0. The highest BCUT2D eigenvalue weighted by atomic mass is 19.1. The smallest absolute Gasteiger partial charge is 0.133 e. The van der Waals surface area contributed by atoms with E-state index in [9.17, 15) is 8.78 Å². The van der Waals surface area contributed by atoms with E-state index < -0.39 is 11.6 Å². The van der Waals surface area contributed by atoms with Crippen molar-refractivity contribution in [3.05, 3.63) is 77.4 Å². The van der Waals surface area contributed by atoms with Gasteiger partial charge < -0.3 is 0 Å². The number of nitrogens with zero attached hydrogens (tertiary/aromatic N) is 1. The van der Waals surface area contributed by atoms with Crippen LogP contribution in [-0.4, -0.2) is 0 Å². The molecule has 2 rings (SSSR count). The van der Waals surface area contributed by atoms with Crippen molar-refractivity contribution in [3.8, 4) is 6.07 Å². The van der Waals surface area contributed by atoms with Gasteiger partial charge in [-0.05, 0) is 35.4 Å². The van der Waals surface area contributed by atoms with Gasteiger partial charge in [-0.25, -0.2) is 8.78 Å². The Morgan fingerprint density at radius 3 is 2.35 bits per heavy atom. The number of halogens is 2. The minimum atomic E-state index is -0.615. The first-order valence-electron chi connectivity index (χ1n) is 6.17. The lowest BCUT2D eigenvalue weighted by molar-refractivity contribution is 0.580. The van der Waals surface area contributed by atoms with E-state index in [1.54, 1.807) is 12.1 Å². The zero-order valence-corrected chi connectivity index (χ0v) is 11.0. The maximum atomic E-state index is 13.8. The van der Waals surface area contributed by atoms with Gasteiger partial charge in [0.1, 0.15) is 11.6 Å². The van der Waals surface area contributed by atoms with Gasteiger partial charge >= 0.3 is 0 Å². The third-order valence-corrected chi connectivity index (χ3v) is 3.34. The number of hydrogen-bond acceptors (Lipinski definition) is 1. The van der Waals surface area contributed by atoms with E-state index >= 15 is 0 Å². The van der Waals surface area contributed by atoms with Crippen LogP contribution in [-0.2, 0) is 0 Å². The summed E-state index contributed by atoms with van der Waals surface area (Å²) < 4.78 is 26.7. The van der Waals surface area contributed by atoms with Gasteiger partial charge in [0.25, 0.3) is 0 Å². The molecule has 0 bridgehead atoms. The van der Waals surface area contributed by atoms with E-state index in [1.165, 1.54) is 12.1 Å². The molecular formula is C17H13F2N. The van der Waals surface area contributed by atoms with Crippen molar-refractivity contribution < 1.29 is 8.78 Å². The van der Waals surface area contributed by atoms with Crippen LogP contribution in [0.15, 0.2) is 49.0 Å². The van der Waals surface area contributed by atoms with Crippen molar-refractivity contribution in [2.45, 2.75) is 12.8 Å². The Bertz CT molecular complexity index is 681. The molecule has 0 aliphatic heterocycles. The highest BCUT2D eigenvalue weighted by molar-refractivity contribution is 5.69. The first-order valence-corrected chi connectivity index (χ1v) is 6.17. The summed E-state index contributed by atoms with van der Waals surface area (Å²) in [5, 5.41) is 8.76. The van der Waals surface area contributed by atoms with Crippen LogP contribution in [0.2, 0.25) is 0 Å². The first-order chi connectivity index (χ1) is 9.52. The lowest BCUT2D eigenvalue weighted by Crippen LogP contribution is -1.99. The zero-order valence-electron chi connectivity index (χ0n) is 11.0. The molecule has 0 fully saturated rings. The Morgan fingerprint density at radius 1 is 1.15 bits per heavy atom. The summed E-state index contributed by atoms with van der Waals surface area (Å²) in [6.45, 7) is 5.80. The van der Waals surface area contributed by atoms with E-state index in [2.05, 4.69) is 6.58 Å². The molecule has 0 spiro atoms. The van der Waals surface area contributed by atoms with Crippen molar-refractivity contribution in [2.24, 2.45) is 0 Å². The van der Waals surface area contributed by atoms with E-state index in [0.717, 1.165) is 11.6 Å². The zero-order chi connectivity index (χ0) is 14.7. The quantitative estimate of drug-likeness (QED) is 0.795. The highest BCUT2D eigenvalue weighted by Gasteiger charge is 2.15. The largest absolute Gasteiger partial charge is 0.207 e. The van der Waals surface area contributed by atoms with E-state index in [0.29, 0.717) is 16.7 Å². The van der Waals surface area contributed by atoms with Gasteiger partial charge in [0.05, 0.1) is 11.6 Å². The van der Waals surface area contributed by atoms with Crippen molar-refractivity contribution in [1.29, 1.82) is 5.26 Å². The molecule has 2 aromatic rings. The molecule has 0 N–H and O–H groups in total. The molecule has 0 aliphatic rings. The molecule has 100 valence electrons. The van der Waals surface area contributed by atoms with Crippen LogP contribution in [0.3, 0.4) is 0 Å². The minimum absolute atomic E-state index is 0.122. The maximum Gasteiger partial charge on any atom is 0.133 e. The third-order valence-electron chi connectivity index (χ3n) is 3.34. The van der Waals surface area contributed by atoms with E-state index in [4.69, 9.17) is 5.26 Å². The van der Waals surface area contributed by atoms with Crippen LogP contribution in [0.4, 0.5) is 8.78 Å². The fourth-order valence-electron chi connectivity index (χ4n) is 2.03. The van der Waals surface area contributed by atoms with Crippen LogP contribution < -0.4 is 0 Å². The Kier molecular flexibility index (Phi) is 3.95. The van der Waals surface area contributed by atoms with Crippen molar-refractivity contribution in [1.82, 2.24) is 0 Å². The second kappa shape index (κ2) is 5.66. The molecule has 2 aromatic carbocycles. The summed E-state index contributed by atoms with van der Waals surface area (Å²) >= 11 is 0. The standard InChI is InChI=1S/C17H13F2N/c1-11(14-5-3-13(10-20)4-6-14)12(2)16-8-7-15(18)9-17(16)19/h3-9,11H,2H2,1H3. The van der Waals surface area contributed by atoms with Crippen LogP contribution in [0, 0.1) is 23.0 Å². The molecule has 1 nitrogen and oxygen atoms in total. The predicted molar refractivity (Wildman–Crippen MR) is 75.0 cm³/mol. The molecule has 0 amide bonds. The molecule has 0 heterocycles. The van der Waals surface area contributed by atoms with Crippen LogP contribution in [0.1, 0.15) is 29.5 Å². The molecule has 1 atom stereocenters. The van der Waals surface area contributed by atoms with Crippen molar-refractivity contribution in [2.75, 3.05) is 0 Å². The topological polar surface area (TPSA) is 23.8 Å². The summed E-state index contributed by atoms with van der Waals surface area (Å²) in [6.07, 6.45) is 0. The lowest BCUT2D eigenvalue weighted by atomic mass is 9.89. The number of rotatable bonds is 3. The van der Waals surface area contributed by atoms with Gasteiger partial charge in [-0.1, -0.05) is 25.6 Å². The molecule has 1 unspecified atom stereocenters. The van der Waals surface area contributed by atoms with Gasteiger partial charge in [-0.3, -0.25) is 0 Å². The molecule has 0 saturated heterocycles. The number of allylic oxidation sites excluding steroid dienone is 1. The van der Waals surface area contributed by atoms with Crippen LogP contribution >= 0.6 is 0 Å².